The fourth-order valence-corrected chi connectivity index (χ4v) is 4.80. The Kier molecular flexibility index (Phi) is 11.7. The molecular formula is C31H43N3O3. The Hall–Kier alpha value is -3.15. The summed E-state index contributed by atoms with van der Waals surface area (Å²) in [6.45, 7) is 5.58. The van der Waals surface area contributed by atoms with E-state index in [-0.39, 0.29) is 11.3 Å². The molecule has 0 fully saturated rings. The van der Waals surface area contributed by atoms with Gasteiger partial charge in [0.05, 0.1) is 12.1 Å². The van der Waals surface area contributed by atoms with Crippen molar-refractivity contribution in [2.45, 2.75) is 104 Å². The van der Waals surface area contributed by atoms with Crippen LogP contribution in [-0.2, 0) is 19.5 Å². The molecule has 0 saturated heterocycles. The summed E-state index contributed by atoms with van der Waals surface area (Å²) in [6, 6.07) is 14.9. The highest BCUT2D eigenvalue weighted by Gasteiger charge is 2.15. The Bertz CT molecular complexity index is 1160. The lowest BCUT2D eigenvalue weighted by Gasteiger charge is -2.09. The van der Waals surface area contributed by atoms with Gasteiger partial charge in [-0.1, -0.05) is 114 Å². The maximum absolute atomic E-state index is 13.3. The molecule has 0 aliphatic rings. The van der Waals surface area contributed by atoms with Crippen molar-refractivity contribution in [3.63, 3.8) is 0 Å². The molecule has 200 valence electrons. The van der Waals surface area contributed by atoms with Crippen LogP contribution in [0.15, 0.2) is 53.3 Å². The number of hydrogen-bond acceptors (Lipinski definition) is 3. The normalized spacial score (nSPS) is 11.2. The number of carbonyl (C=O) groups is 1. The number of unbranched alkanes of at least 4 members (excludes halogenated alkanes) is 9. The zero-order valence-corrected chi connectivity index (χ0v) is 22.6. The topological polar surface area (TPSA) is 77.1 Å². The minimum Gasteiger partial charge on any atom is -0.478 e. The van der Waals surface area contributed by atoms with E-state index >= 15 is 0 Å². The van der Waals surface area contributed by atoms with Gasteiger partial charge in [0.15, 0.2) is 0 Å². The molecule has 37 heavy (non-hydrogen) atoms. The van der Waals surface area contributed by atoms with Gasteiger partial charge in [-0.15, -0.1) is 0 Å². The van der Waals surface area contributed by atoms with E-state index in [9.17, 15) is 14.7 Å². The van der Waals surface area contributed by atoms with Gasteiger partial charge < -0.3 is 5.11 Å². The number of benzene rings is 2. The summed E-state index contributed by atoms with van der Waals surface area (Å²) in [6.07, 6.45) is 13.8. The van der Waals surface area contributed by atoms with E-state index in [1.165, 1.54) is 44.9 Å². The third-order valence-corrected chi connectivity index (χ3v) is 6.99. The number of carboxylic acids is 1. The summed E-state index contributed by atoms with van der Waals surface area (Å²) in [5.41, 5.74) is 2.80. The van der Waals surface area contributed by atoms with E-state index in [0.29, 0.717) is 18.7 Å². The minimum atomic E-state index is -0.937. The largest absolute Gasteiger partial charge is 0.478 e. The second kappa shape index (κ2) is 15.2. The highest BCUT2D eigenvalue weighted by Crippen LogP contribution is 2.24. The zero-order valence-electron chi connectivity index (χ0n) is 22.6. The average molecular weight is 506 g/mol. The van der Waals surface area contributed by atoms with Gasteiger partial charge in [-0.25, -0.2) is 14.3 Å². The lowest BCUT2D eigenvalue weighted by atomic mass is 9.99. The molecule has 0 saturated carbocycles. The van der Waals surface area contributed by atoms with Crippen molar-refractivity contribution < 1.29 is 9.90 Å². The van der Waals surface area contributed by atoms with E-state index in [1.54, 1.807) is 16.8 Å². The van der Waals surface area contributed by atoms with E-state index in [2.05, 4.69) is 13.8 Å². The van der Waals surface area contributed by atoms with Gasteiger partial charge in [0.1, 0.15) is 5.82 Å². The van der Waals surface area contributed by atoms with Crippen molar-refractivity contribution in [1.82, 2.24) is 14.3 Å². The second-order valence-electron chi connectivity index (χ2n) is 9.99. The molecule has 0 unspecified atom stereocenters. The molecule has 6 heteroatoms. The van der Waals surface area contributed by atoms with Crippen molar-refractivity contribution in [3.05, 3.63) is 76.0 Å². The minimum absolute atomic E-state index is 0.0308. The molecule has 0 atom stereocenters. The summed E-state index contributed by atoms with van der Waals surface area (Å²) in [7, 11) is 0. The summed E-state index contributed by atoms with van der Waals surface area (Å²) in [4.78, 5) is 24.9. The predicted octanol–water partition coefficient (Wildman–Crippen LogP) is 7.33. The number of rotatable bonds is 17. The molecule has 1 N–H and O–H groups in total. The molecule has 0 amide bonds. The standard InChI is InChI=1S/C31H43N3O3/c1-3-5-7-9-10-12-18-29-32-34(23-15-11-8-6-4-2)31(37)33(29)24-25-19-21-26(22-20-25)27-16-13-14-17-28(27)30(35)36/h13-14,16-17,19-22H,3-12,15,18,23-24H2,1-2H3,(H,35,36). The molecule has 0 radical (unpaired) electrons. The second-order valence-corrected chi connectivity index (χ2v) is 9.99. The number of aryl methyl sites for hydroxylation is 2. The monoisotopic (exact) mass is 505 g/mol. The van der Waals surface area contributed by atoms with Crippen molar-refractivity contribution in [2.24, 2.45) is 0 Å². The first-order valence-corrected chi connectivity index (χ1v) is 14.1. The summed E-state index contributed by atoms with van der Waals surface area (Å²) < 4.78 is 3.49. The molecule has 1 aromatic heterocycles. The van der Waals surface area contributed by atoms with Gasteiger partial charge in [-0.3, -0.25) is 4.57 Å². The van der Waals surface area contributed by atoms with Crippen LogP contribution < -0.4 is 5.69 Å². The van der Waals surface area contributed by atoms with Crippen LogP contribution in [-0.4, -0.2) is 25.4 Å². The highest BCUT2D eigenvalue weighted by molar-refractivity contribution is 5.95. The molecule has 0 aliphatic heterocycles. The first-order chi connectivity index (χ1) is 18.0. The predicted molar refractivity (Wildman–Crippen MR) is 150 cm³/mol. The van der Waals surface area contributed by atoms with Crippen LogP contribution in [0.4, 0.5) is 0 Å². The lowest BCUT2D eigenvalue weighted by Crippen LogP contribution is -2.26. The van der Waals surface area contributed by atoms with Gasteiger partial charge >= 0.3 is 11.7 Å². The maximum Gasteiger partial charge on any atom is 0.346 e. The Morgan fingerprint density at radius 1 is 0.811 bits per heavy atom. The van der Waals surface area contributed by atoms with Crippen molar-refractivity contribution in [2.75, 3.05) is 0 Å². The maximum atomic E-state index is 13.3. The third kappa shape index (κ3) is 8.44. The first-order valence-electron chi connectivity index (χ1n) is 14.1. The summed E-state index contributed by atoms with van der Waals surface area (Å²) in [5, 5.41) is 14.3. The van der Waals surface area contributed by atoms with Crippen LogP contribution in [0.5, 0.6) is 0 Å². The molecule has 2 aromatic carbocycles. The van der Waals surface area contributed by atoms with E-state index in [4.69, 9.17) is 5.10 Å². The summed E-state index contributed by atoms with van der Waals surface area (Å²) in [5.74, 6) is -0.0676. The Labute approximate surface area is 221 Å². The molecule has 0 spiro atoms. The molecule has 1 heterocycles. The van der Waals surface area contributed by atoms with E-state index in [0.717, 1.165) is 49.1 Å². The highest BCUT2D eigenvalue weighted by atomic mass is 16.4. The Morgan fingerprint density at radius 2 is 1.43 bits per heavy atom. The Balaban J connectivity index is 1.74. The summed E-state index contributed by atoms with van der Waals surface area (Å²) >= 11 is 0. The number of aromatic nitrogens is 3. The molecule has 6 nitrogen and oxygen atoms in total. The van der Waals surface area contributed by atoms with Crippen molar-refractivity contribution in [3.8, 4) is 11.1 Å². The smallest absolute Gasteiger partial charge is 0.346 e. The fraction of sp³-hybridized carbons (Fsp3) is 0.516. The third-order valence-electron chi connectivity index (χ3n) is 6.99. The molecular weight excluding hydrogens is 462 g/mol. The zero-order chi connectivity index (χ0) is 26.5. The van der Waals surface area contributed by atoms with Gasteiger partial charge in [-0.05, 0) is 35.6 Å². The van der Waals surface area contributed by atoms with Gasteiger partial charge in [0.25, 0.3) is 0 Å². The van der Waals surface area contributed by atoms with Crippen LogP contribution in [0.1, 0.15) is 106 Å². The van der Waals surface area contributed by atoms with Crippen LogP contribution in [0.2, 0.25) is 0 Å². The van der Waals surface area contributed by atoms with Gasteiger partial charge in [0, 0.05) is 13.0 Å². The average Bonchev–Trinajstić information content (AvgIpc) is 3.20. The molecule has 0 bridgehead atoms. The molecule has 3 rings (SSSR count). The molecule has 0 aliphatic carbocycles. The fourth-order valence-electron chi connectivity index (χ4n) is 4.80. The van der Waals surface area contributed by atoms with Gasteiger partial charge in [-0.2, -0.15) is 5.10 Å². The first kappa shape index (κ1) is 28.4. The van der Waals surface area contributed by atoms with Crippen molar-refractivity contribution in [1.29, 1.82) is 0 Å². The van der Waals surface area contributed by atoms with Crippen LogP contribution in [0.3, 0.4) is 0 Å². The lowest BCUT2D eigenvalue weighted by molar-refractivity contribution is 0.0697. The molecule has 3 aromatic rings. The number of aromatic carboxylic acids is 1. The van der Waals surface area contributed by atoms with E-state index in [1.807, 2.05) is 41.0 Å². The van der Waals surface area contributed by atoms with Gasteiger partial charge in [0.2, 0.25) is 0 Å². The number of nitrogens with zero attached hydrogens (tertiary/aromatic N) is 3. The number of carboxylic acid groups (broad SMARTS) is 1. The quantitative estimate of drug-likeness (QED) is 0.195. The number of hydrogen-bond donors (Lipinski definition) is 1. The van der Waals surface area contributed by atoms with Crippen LogP contribution >= 0.6 is 0 Å². The van der Waals surface area contributed by atoms with Crippen LogP contribution in [0.25, 0.3) is 11.1 Å². The van der Waals surface area contributed by atoms with E-state index < -0.39 is 5.97 Å². The van der Waals surface area contributed by atoms with Crippen LogP contribution in [0, 0.1) is 0 Å². The Morgan fingerprint density at radius 3 is 2.11 bits per heavy atom. The SMILES string of the molecule is CCCCCCCCc1nn(CCCCCCC)c(=O)n1Cc1ccc(-c2ccccc2C(=O)O)cc1. The van der Waals surface area contributed by atoms with Crippen molar-refractivity contribution >= 4 is 5.97 Å².